The minimum Gasteiger partial charge on any atom is -0.481 e. The molecule has 0 spiro atoms. The molecule has 0 heterocycles. The third-order valence-corrected chi connectivity index (χ3v) is 3.69. The lowest BCUT2D eigenvalue weighted by Gasteiger charge is -2.37. The average Bonchev–Trinajstić information content (AvgIpc) is 2.38. The number of ether oxygens (including phenoxy) is 2. The highest BCUT2D eigenvalue weighted by molar-refractivity contribution is 5.85. The molecule has 20 heavy (non-hydrogen) atoms. The molecule has 0 bridgehead atoms. The van der Waals surface area contributed by atoms with Crippen LogP contribution in [0, 0.1) is 11.3 Å². The molecule has 3 unspecified atom stereocenters. The van der Waals surface area contributed by atoms with Crippen LogP contribution in [0.15, 0.2) is 12.7 Å². The highest BCUT2D eigenvalue weighted by Gasteiger charge is 2.48. The van der Waals surface area contributed by atoms with Crippen LogP contribution < -0.4 is 0 Å². The summed E-state index contributed by atoms with van der Waals surface area (Å²) in [5, 5.41) is 9.23. The molecule has 0 aliphatic heterocycles. The van der Waals surface area contributed by atoms with Gasteiger partial charge in [0.25, 0.3) is 0 Å². The molecule has 1 aliphatic carbocycles. The van der Waals surface area contributed by atoms with E-state index in [1.54, 1.807) is 6.92 Å². The zero-order chi connectivity index (χ0) is 15.3. The third kappa shape index (κ3) is 3.59. The first-order valence-corrected chi connectivity index (χ1v) is 6.58. The van der Waals surface area contributed by atoms with Crippen molar-refractivity contribution in [2.24, 2.45) is 11.3 Å². The summed E-state index contributed by atoms with van der Waals surface area (Å²) < 4.78 is 9.81. The minimum atomic E-state index is -1.08. The average molecular weight is 284 g/mol. The number of aliphatic carboxylic acids is 1. The van der Waals surface area contributed by atoms with E-state index in [9.17, 15) is 19.5 Å². The van der Waals surface area contributed by atoms with Gasteiger partial charge in [0, 0.05) is 13.0 Å². The Morgan fingerprint density at radius 1 is 1.35 bits per heavy atom. The second-order valence-electron chi connectivity index (χ2n) is 5.17. The molecule has 1 N–H and O–H groups in total. The Hall–Kier alpha value is -1.85. The number of rotatable bonds is 5. The Labute approximate surface area is 117 Å². The van der Waals surface area contributed by atoms with E-state index >= 15 is 0 Å². The van der Waals surface area contributed by atoms with Gasteiger partial charge in [-0.3, -0.25) is 9.59 Å². The molecule has 3 atom stereocenters. The van der Waals surface area contributed by atoms with Gasteiger partial charge in [-0.1, -0.05) is 19.4 Å². The van der Waals surface area contributed by atoms with Crippen LogP contribution in [0.1, 0.15) is 39.5 Å². The van der Waals surface area contributed by atoms with Crippen LogP contribution >= 0.6 is 0 Å². The predicted octanol–water partition coefficient (Wildman–Crippen LogP) is 1.89. The molecule has 1 aliphatic rings. The molecular formula is C14H20O6. The van der Waals surface area contributed by atoms with E-state index in [1.165, 1.54) is 6.92 Å². The van der Waals surface area contributed by atoms with Crippen molar-refractivity contribution in [3.63, 3.8) is 0 Å². The number of carbonyl (C=O) groups is 3. The molecule has 112 valence electrons. The Bertz CT molecular complexity index is 416. The predicted molar refractivity (Wildman–Crippen MR) is 69.5 cm³/mol. The number of esters is 2. The van der Waals surface area contributed by atoms with E-state index < -0.39 is 35.5 Å². The monoisotopic (exact) mass is 284 g/mol. The van der Waals surface area contributed by atoms with Crippen LogP contribution in [0.25, 0.3) is 0 Å². The first-order chi connectivity index (χ1) is 9.31. The fraction of sp³-hybridized carbons (Fsp3) is 0.643. The van der Waals surface area contributed by atoms with E-state index in [2.05, 4.69) is 6.58 Å². The fourth-order valence-corrected chi connectivity index (χ4v) is 2.49. The summed E-state index contributed by atoms with van der Waals surface area (Å²) in [6.07, 6.45) is 2.34. The van der Waals surface area contributed by atoms with Crippen molar-refractivity contribution >= 4 is 17.9 Å². The second kappa shape index (κ2) is 6.54. The Balaban J connectivity index is 2.74. The summed E-state index contributed by atoms with van der Waals surface area (Å²) in [5.74, 6) is -3.12. The number of carboxylic acids is 1. The van der Waals surface area contributed by atoms with Crippen LogP contribution in [0.5, 0.6) is 0 Å². The van der Waals surface area contributed by atoms with Gasteiger partial charge in [-0.05, 0) is 19.8 Å². The lowest BCUT2D eigenvalue weighted by Crippen LogP contribution is -2.44. The van der Waals surface area contributed by atoms with Gasteiger partial charge in [-0.2, -0.15) is 0 Å². The van der Waals surface area contributed by atoms with Gasteiger partial charge >= 0.3 is 17.9 Å². The molecule has 0 aromatic rings. The minimum absolute atomic E-state index is 0.446. The third-order valence-electron chi connectivity index (χ3n) is 3.69. The normalized spacial score (nSPS) is 27.2. The molecule has 0 saturated heterocycles. The number of carboxylic acid groups (broad SMARTS) is 1. The van der Waals surface area contributed by atoms with E-state index in [0.29, 0.717) is 12.8 Å². The van der Waals surface area contributed by atoms with Crippen molar-refractivity contribution in [3.05, 3.63) is 12.7 Å². The zero-order valence-corrected chi connectivity index (χ0v) is 11.8. The van der Waals surface area contributed by atoms with Crippen LogP contribution in [0.3, 0.4) is 0 Å². The van der Waals surface area contributed by atoms with Crippen LogP contribution in [-0.4, -0.2) is 29.3 Å². The maximum absolute atomic E-state index is 12.2. The zero-order valence-electron chi connectivity index (χ0n) is 11.8. The maximum Gasteiger partial charge on any atom is 0.333 e. The van der Waals surface area contributed by atoms with Gasteiger partial charge in [-0.25, -0.2) is 4.79 Å². The van der Waals surface area contributed by atoms with Crippen molar-refractivity contribution in [1.82, 2.24) is 0 Å². The molecule has 0 amide bonds. The summed E-state index contributed by atoms with van der Waals surface area (Å²) in [6, 6.07) is 0. The van der Waals surface area contributed by atoms with Crippen LogP contribution in [0.4, 0.5) is 0 Å². The number of hydrogen-bond acceptors (Lipinski definition) is 5. The van der Waals surface area contributed by atoms with E-state index in [4.69, 9.17) is 9.47 Å². The smallest absolute Gasteiger partial charge is 0.333 e. The van der Waals surface area contributed by atoms with Crippen molar-refractivity contribution in [2.75, 3.05) is 0 Å². The fourth-order valence-electron chi connectivity index (χ4n) is 2.49. The highest BCUT2D eigenvalue weighted by Crippen LogP contribution is 2.42. The molecule has 0 aromatic carbocycles. The Morgan fingerprint density at radius 3 is 2.55 bits per heavy atom. The van der Waals surface area contributed by atoms with E-state index in [0.717, 1.165) is 18.9 Å². The quantitative estimate of drug-likeness (QED) is 0.471. The molecule has 1 fully saturated rings. The van der Waals surface area contributed by atoms with Gasteiger partial charge in [0.2, 0.25) is 6.29 Å². The second-order valence-corrected chi connectivity index (χ2v) is 5.17. The summed E-state index contributed by atoms with van der Waals surface area (Å²) in [4.78, 5) is 34.5. The van der Waals surface area contributed by atoms with E-state index in [1.807, 2.05) is 0 Å². The molecule has 6 heteroatoms. The van der Waals surface area contributed by atoms with Gasteiger partial charge in [0.1, 0.15) is 0 Å². The lowest BCUT2D eigenvalue weighted by molar-refractivity contribution is -0.195. The Kier molecular flexibility index (Phi) is 5.30. The molecule has 6 nitrogen and oxygen atoms in total. The standard InChI is InChI=1S/C14H20O6/c1-4-11(15)19-9(2)20-13(18)14(3)8-6-5-7-10(14)12(16)17/h4,9-10H,1,5-8H2,2-3H3,(H,16,17). The number of carbonyl (C=O) groups excluding carboxylic acids is 2. The Morgan fingerprint density at radius 2 is 2.00 bits per heavy atom. The van der Waals surface area contributed by atoms with Crippen LogP contribution in [0.2, 0.25) is 0 Å². The highest BCUT2D eigenvalue weighted by atomic mass is 16.7. The van der Waals surface area contributed by atoms with Crippen molar-refractivity contribution in [3.8, 4) is 0 Å². The van der Waals surface area contributed by atoms with Gasteiger partial charge < -0.3 is 14.6 Å². The largest absolute Gasteiger partial charge is 0.481 e. The summed E-state index contributed by atoms with van der Waals surface area (Å²) >= 11 is 0. The molecule has 1 saturated carbocycles. The molecule has 1 rings (SSSR count). The molecule has 0 aromatic heterocycles. The van der Waals surface area contributed by atoms with Crippen LogP contribution in [-0.2, 0) is 23.9 Å². The van der Waals surface area contributed by atoms with E-state index in [-0.39, 0.29) is 0 Å². The van der Waals surface area contributed by atoms with Gasteiger partial charge in [0.15, 0.2) is 0 Å². The maximum atomic E-state index is 12.2. The molecule has 0 radical (unpaired) electrons. The summed E-state index contributed by atoms with van der Waals surface area (Å²) in [7, 11) is 0. The van der Waals surface area contributed by atoms with Gasteiger partial charge in [0.05, 0.1) is 11.3 Å². The van der Waals surface area contributed by atoms with Crippen molar-refractivity contribution in [2.45, 2.75) is 45.8 Å². The lowest BCUT2D eigenvalue weighted by atomic mass is 9.67. The number of hydrogen-bond donors (Lipinski definition) is 1. The van der Waals surface area contributed by atoms with Crippen molar-refractivity contribution in [1.29, 1.82) is 0 Å². The van der Waals surface area contributed by atoms with Crippen molar-refractivity contribution < 1.29 is 29.0 Å². The topological polar surface area (TPSA) is 89.9 Å². The molecular weight excluding hydrogens is 264 g/mol. The summed E-state index contributed by atoms with van der Waals surface area (Å²) in [5.41, 5.74) is -1.08. The SMILES string of the molecule is C=CC(=O)OC(C)OC(=O)C1(C)CCCCC1C(=O)O. The first-order valence-electron chi connectivity index (χ1n) is 6.58. The first kappa shape index (κ1) is 16.2. The summed E-state index contributed by atoms with van der Waals surface area (Å²) in [6.45, 7) is 6.24. The van der Waals surface area contributed by atoms with Gasteiger partial charge in [-0.15, -0.1) is 0 Å².